The van der Waals surface area contributed by atoms with Crippen molar-refractivity contribution in [2.75, 3.05) is 5.43 Å². The number of fused-ring (bicyclic) bond motifs is 1. The maximum atomic E-state index is 12.9. The van der Waals surface area contributed by atoms with Gasteiger partial charge in [-0.2, -0.15) is 0 Å². The second-order valence-corrected chi connectivity index (χ2v) is 7.20. The van der Waals surface area contributed by atoms with Crippen LogP contribution in [0.5, 0.6) is 0 Å². The number of hydrogen-bond donors (Lipinski definition) is 1. The van der Waals surface area contributed by atoms with Crippen molar-refractivity contribution < 1.29 is 4.79 Å². The van der Waals surface area contributed by atoms with E-state index < -0.39 is 0 Å². The van der Waals surface area contributed by atoms with Gasteiger partial charge in [0, 0.05) is 10.9 Å². The fraction of sp³-hybridized carbons (Fsp3) is 0.235. The molecule has 0 atom stereocenters. The number of halogens is 1. The van der Waals surface area contributed by atoms with E-state index in [2.05, 4.69) is 10.4 Å². The Bertz CT molecular complexity index is 977. The van der Waals surface area contributed by atoms with Crippen LogP contribution in [0.3, 0.4) is 0 Å². The Hall–Kier alpha value is -2.18. The third-order valence-electron chi connectivity index (χ3n) is 4.29. The first-order valence-corrected chi connectivity index (χ1v) is 8.96. The van der Waals surface area contributed by atoms with Crippen molar-refractivity contribution in [3.63, 3.8) is 0 Å². The molecule has 4 rings (SSSR count). The standard InChI is InChI=1S/C17H14ClN3O2S/c18-11-6-7-12-13(9-11)19-15(10-3-1-4-10)21(17(12)23)20-16(22)14-5-2-8-24-14/h2,5-10H,1,3-4H2,(H,20,22). The van der Waals surface area contributed by atoms with Crippen molar-refractivity contribution >= 4 is 39.7 Å². The molecule has 0 unspecified atom stereocenters. The molecular weight excluding hydrogens is 346 g/mol. The second kappa shape index (κ2) is 6.03. The molecule has 1 amide bonds. The predicted molar refractivity (Wildman–Crippen MR) is 95.6 cm³/mol. The van der Waals surface area contributed by atoms with Gasteiger partial charge in [-0.05, 0) is 42.5 Å². The van der Waals surface area contributed by atoms with Crippen LogP contribution in [0.2, 0.25) is 5.02 Å². The molecule has 1 saturated carbocycles. The highest BCUT2D eigenvalue weighted by molar-refractivity contribution is 7.12. The van der Waals surface area contributed by atoms with E-state index in [0.29, 0.717) is 26.6 Å². The SMILES string of the molecule is O=C(Nn1c(C2CCC2)nc2cc(Cl)ccc2c1=O)c1cccs1. The maximum Gasteiger partial charge on any atom is 0.280 e. The van der Waals surface area contributed by atoms with Crippen molar-refractivity contribution in [3.05, 3.63) is 61.8 Å². The van der Waals surface area contributed by atoms with Crippen LogP contribution in [-0.2, 0) is 0 Å². The number of carbonyl (C=O) groups is 1. The van der Waals surface area contributed by atoms with Crippen LogP contribution in [0.4, 0.5) is 0 Å². The third-order valence-corrected chi connectivity index (χ3v) is 5.39. The zero-order valence-corrected chi connectivity index (χ0v) is 14.2. The monoisotopic (exact) mass is 359 g/mol. The summed E-state index contributed by atoms with van der Waals surface area (Å²) < 4.78 is 1.31. The average molecular weight is 360 g/mol. The topological polar surface area (TPSA) is 64.0 Å². The summed E-state index contributed by atoms with van der Waals surface area (Å²) in [7, 11) is 0. The number of aromatic nitrogens is 2. The maximum absolute atomic E-state index is 12.9. The Labute approximate surface area is 146 Å². The molecule has 3 aromatic rings. The number of amides is 1. The third kappa shape index (κ3) is 2.61. The molecule has 122 valence electrons. The largest absolute Gasteiger partial charge is 0.280 e. The van der Waals surface area contributed by atoms with E-state index in [-0.39, 0.29) is 17.4 Å². The smallest absolute Gasteiger partial charge is 0.267 e. The van der Waals surface area contributed by atoms with Gasteiger partial charge in [0.2, 0.25) is 0 Å². The van der Waals surface area contributed by atoms with Crippen LogP contribution in [0.25, 0.3) is 10.9 Å². The molecule has 0 radical (unpaired) electrons. The van der Waals surface area contributed by atoms with Crippen LogP contribution < -0.4 is 11.0 Å². The molecule has 1 aliphatic rings. The van der Waals surface area contributed by atoms with Gasteiger partial charge in [0.05, 0.1) is 15.8 Å². The van der Waals surface area contributed by atoms with Crippen molar-refractivity contribution in [2.24, 2.45) is 0 Å². The quantitative estimate of drug-likeness (QED) is 0.774. The van der Waals surface area contributed by atoms with Crippen LogP contribution in [0.15, 0.2) is 40.5 Å². The first kappa shape index (κ1) is 15.4. The fourth-order valence-corrected chi connectivity index (χ4v) is 3.57. The molecule has 1 aromatic carbocycles. The first-order valence-electron chi connectivity index (χ1n) is 7.70. The molecule has 0 saturated heterocycles. The summed E-state index contributed by atoms with van der Waals surface area (Å²) in [6.45, 7) is 0. The van der Waals surface area contributed by atoms with Gasteiger partial charge in [-0.15, -0.1) is 11.3 Å². The number of benzene rings is 1. The lowest BCUT2D eigenvalue weighted by Crippen LogP contribution is -2.38. The van der Waals surface area contributed by atoms with Gasteiger partial charge in [-0.1, -0.05) is 24.1 Å². The molecule has 24 heavy (non-hydrogen) atoms. The summed E-state index contributed by atoms with van der Waals surface area (Å²) in [6, 6.07) is 8.51. The number of nitrogens with zero attached hydrogens (tertiary/aromatic N) is 2. The summed E-state index contributed by atoms with van der Waals surface area (Å²) in [6.07, 6.45) is 3.04. The number of rotatable bonds is 3. The van der Waals surface area contributed by atoms with Crippen LogP contribution in [0.1, 0.15) is 40.7 Å². The van der Waals surface area contributed by atoms with Gasteiger partial charge in [0.1, 0.15) is 5.82 Å². The molecule has 0 bridgehead atoms. The minimum atomic E-state index is -0.303. The van der Waals surface area contributed by atoms with Crippen molar-refractivity contribution in [1.29, 1.82) is 0 Å². The van der Waals surface area contributed by atoms with E-state index in [0.717, 1.165) is 19.3 Å². The van der Waals surface area contributed by atoms with E-state index in [1.54, 1.807) is 30.3 Å². The second-order valence-electron chi connectivity index (χ2n) is 5.82. The fourth-order valence-electron chi connectivity index (χ4n) is 2.79. The van der Waals surface area contributed by atoms with Crippen molar-refractivity contribution in [3.8, 4) is 0 Å². The van der Waals surface area contributed by atoms with E-state index in [1.807, 2.05) is 5.38 Å². The van der Waals surface area contributed by atoms with Gasteiger partial charge in [-0.25, -0.2) is 9.66 Å². The Morgan fingerprint density at radius 2 is 2.17 bits per heavy atom. The van der Waals surface area contributed by atoms with E-state index in [9.17, 15) is 9.59 Å². The first-order chi connectivity index (χ1) is 11.6. The van der Waals surface area contributed by atoms with E-state index >= 15 is 0 Å². The minimum Gasteiger partial charge on any atom is -0.267 e. The lowest BCUT2D eigenvalue weighted by Gasteiger charge is -2.27. The van der Waals surface area contributed by atoms with E-state index in [4.69, 9.17) is 11.6 Å². The van der Waals surface area contributed by atoms with Gasteiger partial charge in [0.15, 0.2) is 0 Å². The zero-order valence-electron chi connectivity index (χ0n) is 12.7. The molecule has 5 nitrogen and oxygen atoms in total. The highest BCUT2D eigenvalue weighted by atomic mass is 35.5. The molecule has 0 spiro atoms. The van der Waals surface area contributed by atoms with Gasteiger partial charge in [0.25, 0.3) is 11.5 Å². The molecule has 2 heterocycles. The van der Waals surface area contributed by atoms with Crippen LogP contribution >= 0.6 is 22.9 Å². The highest BCUT2D eigenvalue weighted by Gasteiger charge is 2.26. The number of nitrogens with one attached hydrogen (secondary N) is 1. The normalized spacial score (nSPS) is 14.5. The number of hydrogen-bond acceptors (Lipinski definition) is 4. The molecule has 2 aromatic heterocycles. The number of thiophene rings is 1. The average Bonchev–Trinajstić information content (AvgIpc) is 3.03. The summed E-state index contributed by atoms with van der Waals surface area (Å²) in [5.41, 5.74) is 3.01. The molecule has 7 heteroatoms. The molecule has 1 aliphatic carbocycles. The lowest BCUT2D eigenvalue weighted by molar-refractivity contribution is 0.101. The van der Waals surface area contributed by atoms with Crippen LogP contribution in [-0.4, -0.2) is 15.6 Å². The Morgan fingerprint density at radius 3 is 2.83 bits per heavy atom. The zero-order chi connectivity index (χ0) is 16.7. The van der Waals surface area contributed by atoms with Crippen molar-refractivity contribution in [2.45, 2.75) is 25.2 Å². The van der Waals surface area contributed by atoms with E-state index in [1.165, 1.54) is 16.0 Å². The van der Waals surface area contributed by atoms with Gasteiger partial charge >= 0.3 is 0 Å². The molecule has 1 fully saturated rings. The predicted octanol–water partition coefficient (Wildman–Crippen LogP) is 3.76. The molecule has 0 aliphatic heterocycles. The highest BCUT2D eigenvalue weighted by Crippen LogP contribution is 2.35. The van der Waals surface area contributed by atoms with Gasteiger partial charge in [-0.3, -0.25) is 15.0 Å². The minimum absolute atomic E-state index is 0.185. The summed E-state index contributed by atoms with van der Waals surface area (Å²) >= 11 is 7.36. The summed E-state index contributed by atoms with van der Waals surface area (Å²) in [4.78, 5) is 30.4. The summed E-state index contributed by atoms with van der Waals surface area (Å²) in [5, 5.41) is 2.80. The van der Waals surface area contributed by atoms with Gasteiger partial charge < -0.3 is 0 Å². The Kier molecular flexibility index (Phi) is 3.86. The summed E-state index contributed by atoms with van der Waals surface area (Å²) in [5.74, 6) is 0.485. The molecular formula is C17H14ClN3O2S. The molecule has 1 N–H and O–H groups in total. The van der Waals surface area contributed by atoms with Crippen LogP contribution in [0, 0.1) is 0 Å². The number of carbonyl (C=O) groups excluding carboxylic acids is 1. The van der Waals surface area contributed by atoms with Crippen molar-refractivity contribution in [1.82, 2.24) is 9.66 Å². The Morgan fingerprint density at radius 1 is 1.33 bits per heavy atom. The Balaban J connectivity index is 1.85. The lowest BCUT2D eigenvalue weighted by atomic mass is 9.84.